The average molecular weight is 371 g/mol. The summed E-state index contributed by atoms with van der Waals surface area (Å²) in [6.07, 6.45) is 2.83. The van der Waals surface area contributed by atoms with E-state index in [1.54, 1.807) is 24.3 Å². The molecule has 1 aromatic heterocycles. The first-order valence-corrected chi connectivity index (χ1v) is 8.27. The number of carbonyl (C=O) groups is 1. The fourth-order valence-corrected chi connectivity index (χ4v) is 2.55. The van der Waals surface area contributed by atoms with Crippen molar-refractivity contribution in [1.82, 2.24) is 15.3 Å². The van der Waals surface area contributed by atoms with E-state index < -0.39 is 5.91 Å². The van der Waals surface area contributed by atoms with Gasteiger partial charge in [0.15, 0.2) is 0 Å². The van der Waals surface area contributed by atoms with Crippen molar-refractivity contribution in [3.8, 4) is 0 Å². The third kappa shape index (κ3) is 4.34. The third-order valence-electron chi connectivity index (χ3n) is 3.73. The van der Waals surface area contributed by atoms with Gasteiger partial charge in [0.1, 0.15) is 17.3 Å². The monoisotopic (exact) mass is 370 g/mol. The average Bonchev–Trinajstić information content (AvgIpc) is 2.64. The molecule has 0 fully saturated rings. The summed E-state index contributed by atoms with van der Waals surface area (Å²) in [6, 6.07) is 11.7. The number of aromatic nitrogens is 2. The number of anilines is 2. The summed E-state index contributed by atoms with van der Waals surface area (Å²) in [5, 5.41) is 6.40. The van der Waals surface area contributed by atoms with Crippen molar-refractivity contribution < 1.29 is 9.18 Å². The van der Waals surface area contributed by atoms with Crippen LogP contribution in [-0.4, -0.2) is 15.9 Å². The van der Waals surface area contributed by atoms with Crippen LogP contribution in [0.1, 0.15) is 21.6 Å². The molecule has 1 amide bonds. The van der Waals surface area contributed by atoms with Gasteiger partial charge in [0, 0.05) is 22.8 Å². The van der Waals surface area contributed by atoms with Gasteiger partial charge in [0.05, 0.1) is 12.4 Å². The molecule has 132 valence electrons. The Labute approximate surface area is 155 Å². The van der Waals surface area contributed by atoms with Crippen LogP contribution in [0.5, 0.6) is 0 Å². The number of benzene rings is 2. The molecule has 2 aromatic carbocycles. The summed E-state index contributed by atoms with van der Waals surface area (Å²) in [5.74, 6) is -0.284. The van der Waals surface area contributed by atoms with Crippen molar-refractivity contribution in [2.24, 2.45) is 0 Å². The molecule has 0 bridgehead atoms. The van der Waals surface area contributed by atoms with Gasteiger partial charge in [0.2, 0.25) is 0 Å². The van der Waals surface area contributed by atoms with E-state index in [2.05, 4.69) is 20.6 Å². The normalized spacial score (nSPS) is 10.4. The van der Waals surface area contributed by atoms with Gasteiger partial charge in [0.25, 0.3) is 5.91 Å². The lowest BCUT2D eigenvalue weighted by Gasteiger charge is -2.09. The van der Waals surface area contributed by atoms with E-state index >= 15 is 0 Å². The first-order valence-electron chi connectivity index (χ1n) is 7.90. The molecule has 0 aliphatic rings. The van der Waals surface area contributed by atoms with E-state index in [0.29, 0.717) is 16.4 Å². The van der Waals surface area contributed by atoms with Gasteiger partial charge in [-0.2, -0.15) is 0 Å². The Bertz CT molecular complexity index is 931. The topological polar surface area (TPSA) is 66.9 Å². The van der Waals surface area contributed by atoms with Gasteiger partial charge in [-0.3, -0.25) is 4.79 Å². The minimum absolute atomic E-state index is 0.0805. The lowest BCUT2D eigenvalue weighted by molar-refractivity contribution is 0.0945. The lowest BCUT2D eigenvalue weighted by Crippen LogP contribution is -2.24. The summed E-state index contributed by atoms with van der Waals surface area (Å²) in [5.41, 5.74) is 2.37. The molecule has 3 aromatic rings. The number of halogens is 2. The number of carbonyl (C=O) groups excluding carboxylic acids is 1. The van der Waals surface area contributed by atoms with Crippen LogP contribution >= 0.6 is 11.6 Å². The Morgan fingerprint density at radius 1 is 1.15 bits per heavy atom. The molecule has 26 heavy (non-hydrogen) atoms. The highest BCUT2D eigenvalue weighted by Gasteiger charge is 2.10. The molecule has 1 heterocycles. The van der Waals surface area contributed by atoms with Crippen LogP contribution in [0, 0.1) is 12.7 Å². The van der Waals surface area contributed by atoms with E-state index in [-0.39, 0.29) is 18.1 Å². The molecule has 2 N–H and O–H groups in total. The Hall–Kier alpha value is -2.99. The van der Waals surface area contributed by atoms with E-state index in [9.17, 15) is 9.18 Å². The van der Waals surface area contributed by atoms with E-state index in [1.165, 1.54) is 18.5 Å². The summed E-state index contributed by atoms with van der Waals surface area (Å²) in [4.78, 5) is 20.4. The first kappa shape index (κ1) is 17.8. The standard InChI is InChI=1S/C19H16ClFN4O/c1-12-8-14(20)6-7-16(12)25-18-11-22-17(10-23-18)19(26)24-9-13-4-2-3-5-15(13)21/h2-8,10-11H,9H2,1H3,(H,23,25)(H,24,26). The summed E-state index contributed by atoms with van der Waals surface area (Å²) < 4.78 is 13.6. The number of nitrogens with one attached hydrogen (secondary N) is 2. The smallest absolute Gasteiger partial charge is 0.271 e. The van der Waals surface area contributed by atoms with E-state index in [0.717, 1.165) is 11.3 Å². The van der Waals surface area contributed by atoms with Crippen molar-refractivity contribution in [3.05, 3.63) is 82.5 Å². The SMILES string of the molecule is Cc1cc(Cl)ccc1Nc1cnc(C(=O)NCc2ccccc2F)cn1. The van der Waals surface area contributed by atoms with E-state index in [1.807, 2.05) is 19.1 Å². The number of nitrogens with zero attached hydrogens (tertiary/aromatic N) is 2. The molecule has 5 nitrogen and oxygen atoms in total. The molecule has 0 atom stereocenters. The molecule has 0 saturated carbocycles. The summed E-state index contributed by atoms with van der Waals surface area (Å²) in [7, 11) is 0. The molecule has 0 spiro atoms. The number of hydrogen-bond donors (Lipinski definition) is 2. The second kappa shape index (κ2) is 7.93. The van der Waals surface area contributed by atoms with Gasteiger partial charge >= 0.3 is 0 Å². The van der Waals surface area contributed by atoms with Crippen molar-refractivity contribution in [2.45, 2.75) is 13.5 Å². The lowest BCUT2D eigenvalue weighted by atomic mass is 10.2. The van der Waals surface area contributed by atoms with Gasteiger partial charge in [-0.05, 0) is 36.8 Å². The zero-order valence-corrected chi connectivity index (χ0v) is 14.7. The molecular weight excluding hydrogens is 355 g/mol. The Balaban J connectivity index is 1.63. The molecule has 0 unspecified atom stereocenters. The van der Waals surface area contributed by atoms with Gasteiger partial charge < -0.3 is 10.6 Å². The fraction of sp³-hybridized carbons (Fsp3) is 0.105. The minimum atomic E-state index is -0.421. The minimum Gasteiger partial charge on any atom is -0.346 e. The molecule has 7 heteroatoms. The van der Waals surface area contributed by atoms with Crippen LogP contribution in [0.4, 0.5) is 15.9 Å². The highest BCUT2D eigenvalue weighted by molar-refractivity contribution is 6.30. The molecule has 0 saturated heterocycles. The van der Waals surface area contributed by atoms with E-state index in [4.69, 9.17) is 11.6 Å². The Morgan fingerprint density at radius 3 is 2.65 bits per heavy atom. The van der Waals surface area contributed by atoms with Crippen LogP contribution in [0.15, 0.2) is 54.9 Å². The Kier molecular flexibility index (Phi) is 5.43. The van der Waals surface area contributed by atoms with Crippen molar-refractivity contribution in [3.63, 3.8) is 0 Å². The largest absolute Gasteiger partial charge is 0.346 e. The van der Waals surface area contributed by atoms with Crippen molar-refractivity contribution >= 4 is 29.0 Å². The summed E-state index contributed by atoms with van der Waals surface area (Å²) >= 11 is 5.94. The first-order chi connectivity index (χ1) is 12.5. The van der Waals surface area contributed by atoms with Crippen molar-refractivity contribution in [2.75, 3.05) is 5.32 Å². The maximum Gasteiger partial charge on any atom is 0.271 e. The molecule has 0 aliphatic heterocycles. The molecular formula is C19H16ClFN4O. The van der Waals surface area contributed by atoms with Crippen LogP contribution in [0.3, 0.4) is 0 Å². The number of hydrogen-bond acceptors (Lipinski definition) is 4. The third-order valence-corrected chi connectivity index (χ3v) is 3.97. The van der Waals surface area contributed by atoms with Crippen LogP contribution < -0.4 is 10.6 Å². The number of amides is 1. The zero-order valence-electron chi connectivity index (χ0n) is 14.0. The maximum absolute atomic E-state index is 13.6. The predicted octanol–water partition coefficient (Wildman–Crippen LogP) is 4.25. The zero-order chi connectivity index (χ0) is 18.5. The number of aryl methyl sites for hydroxylation is 1. The molecule has 3 rings (SSSR count). The predicted molar refractivity (Wildman–Crippen MR) is 99.1 cm³/mol. The quantitative estimate of drug-likeness (QED) is 0.704. The second-order valence-electron chi connectivity index (χ2n) is 5.65. The van der Waals surface area contributed by atoms with Gasteiger partial charge in [-0.15, -0.1) is 0 Å². The molecule has 0 radical (unpaired) electrons. The van der Waals surface area contributed by atoms with Crippen molar-refractivity contribution in [1.29, 1.82) is 0 Å². The highest BCUT2D eigenvalue weighted by Crippen LogP contribution is 2.22. The van der Waals surface area contributed by atoms with Crippen LogP contribution in [0.2, 0.25) is 5.02 Å². The fourth-order valence-electron chi connectivity index (χ4n) is 2.32. The van der Waals surface area contributed by atoms with Crippen LogP contribution in [-0.2, 0) is 6.54 Å². The molecule has 0 aliphatic carbocycles. The number of rotatable bonds is 5. The second-order valence-corrected chi connectivity index (χ2v) is 6.08. The highest BCUT2D eigenvalue weighted by atomic mass is 35.5. The maximum atomic E-state index is 13.6. The van der Waals surface area contributed by atoms with Crippen LogP contribution in [0.25, 0.3) is 0 Å². The van der Waals surface area contributed by atoms with Gasteiger partial charge in [-0.25, -0.2) is 14.4 Å². The summed E-state index contributed by atoms with van der Waals surface area (Å²) in [6.45, 7) is 2.00. The Morgan fingerprint density at radius 2 is 1.96 bits per heavy atom. The van der Waals surface area contributed by atoms with Gasteiger partial charge in [-0.1, -0.05) is 29.8 Å².